The van der Waals surface area contributed by atoms with Gasteiger partial charge < -0.3 is 24.2 Å². The van der Waals surface area contributed by atoms with Crippen LogP contribution < -0.4 is 4.74 Å². The Balaban J connectivity index is 0.000000451. The third-order valence-electron chi connectivity index (χ3n) is 5.34. The van der Waals surface area contributed by atoms with Crippen LogP contribution in [0, 0.1) is 5.41 Å². The van der Waals surface area contributed by atoms with Crippen LogP contribution in [0.25, 0.3) is 0 Å². The Morgan fingerprint density at radius 2 is 2.19 bits per heavy atom. The van der Waals surface area contributed by atoms with E-state index >= 15 is 0 Å². The zero-order chi connectivity index (χ0) is 23.8. The van der Waals surface area contributed by atoms with E-state index in [4.69, 9.17) is 24.1 Å². The third kappa shape index (κ3) is 6.42. The van der Waals surface area contributed by atoms with Crippen LogP contribution in [0.15, 0.2) is 31.0 Å². The van der Waals surface area contributed by atoms with E-state index in [9.17, 15) is 18.0 Å². The molecule has 3 heterocycles. The second-order valence-corrected chi connectivity index (χ2v) is 7.51. The number of carboxylic acid groups (broad SMARTS) is 1. The van der Waals surface area contributed by atoms with Crippen molar-refractivity contribution in [1.29, 1.82) is 0 Å². The molecule has 32 heavy (non-hydrogen) atoms. The highest BCUT2D eigenvalue weighted by atomic mass is 19.4. The van der Waals surface area contributed by atoms with Crippen LogP contribution >= 0.6 is 0 Å². The maximum Gasteiger partial charge on any atom is 0.490 e. The Morgan fingerprint density at radius 1 is 1.47 bits per heavy atom. The van der Waals surface area contributed by atoms with Gasteiger partial charge in [0.2, 0.25) is 5.88 Å². The lowest BCUT2D eigenvalue weighted by Gasteiger charge is -2.50. The van der Waals surface area contributed by atoms with Gasteiger partial charge in [0.05, 0.1) is 26.4 Å². The van der Waals surface area contributed by atoms with Gasteiger partial charge in [0.1, 0.15) is 5.56 Å². The van der Waals surface area contributed by atoms with Gasteiger partial charge in [-0.1, -0.05) is 6.08 Å². The molecule has 0 aliphatic carbocycles. The van der Waals surface area contributed by atoms with Crippen molar-refractivity contribution < 1.29 is 42.1 Å². The topological polar surface area (TPSA) is 98.2 Å². The number of aliphatic carboxylic acids is 1. The van der Waals surface area contributed by atoms with Gasteiger partial charge in [-0.3, -0.25) is 4.79 Å². The van der Waals surface area contributed by atoms with Gasteiger partial charge in [-0.25, -0.2) is 9.78 Å². The quantitative estimate of drug-likeness (QED) is 0.515. The number of rotatable bonds is 6. The van der Waals surface area contributed by atoms with Gasteiger partial charge in [0.15, 0.2) is 0 Å². The molecule has 0 saturated carbocycles. The number of ether oxygens (including phenoxy) is 3. The standard InChI is InChI=1S/C19H26N2O4.C2HF3O2/c1-3-11-24-14-19-8-5-12-25-16(19)7-10-21(13-19)18(22)15-6-4-9-20-17(15)23-2;3-2(4,5)1(6)7/h3-4,6,9,16H,1,5,7-8,10-14H2,2H3;(H,6,7). The van der Waals surface area contributed by atoms with Crippen LogP contribution in [0.3, 0.4) is 0 Å². The Morgan fingerprint density at radius 3 is 2.81 bits per heavy atom. The van der Waals surface area contributed by atoms with Crippen molar-refractivity contribution in [2.45, 2.75) is 31.5 Å². The molecule has 2 saturated heterocycles. The number of hydrogen-bond donors (Lipinski definition) is 1. The molecule has 1 aromatic rings. The normalized spacial score (nSPS) is 22.8. The van der Waals surface area contributed by atoms with Crippen molar-refractivity contribution >= 4 is 11.9 Å². The first-order valence-corrected chi connectivity index (χ1v) is 10.0. The fraction of sp³-hybridized carbons (Fsp3) is 0.571. The van der Waals surface area contributed by atoms with Crippen molar-refractivity contribution in [2.24, 2.45) is 5.41 Å². The molecule has 3 rings (SSSR count). The van der Waals surface area contributed by atoms with Crippen molar-refractivity contribution in [3.8, 4) is 5.88 Å². The number of nitrogens with zero attached hydrogens (tertiary/aromatic N) is 2. The summed E-state index contributed by atoms with van der Waals surface area (Å²) in [6, 6.07) is 3.52. The highest BCUT2D eigenvalue weighted by Crippen LogP contribution is 2.41. The molecule has 8 nitrogen and oxygen atoms in total. The number of pyridine rings is 1. The number of methoxy groups -OCH3 is 1. The number of hydrogen-bond acceptors (Lipinski definition) is 6. The summed E-state index contributed by atoms with van der Waals surface area (Å²) >= 11 is 0. The Bertz CT molecular complexity index is 804. The molecule has 0 radical (unpaired) electrons. The summed E-state index contributed by atoms with van der Waals surface area (Å²) in [5.74, 6) is -2.43. The number of carbonyl (C=O) groups is 2. The monoisotopic (exact) mass is 460 g/mol. The molecule has 0 spiro atoms. The molecular formula is C21H27F3N2O6. The minimum Gasteiger partial charge on any atom is -0.480 e. The summed E-state index contributed by atoms with van der Waals surface area (Å²) < 4.78 is 48.8. The van der Waals surface area contributed by atoms with Gasteiger partial charge in [-0.05, 0) is 31.4 Å². The fourth-order valence-corrected chi connectivity index (χ4v) is 3.91. The van der Waals surface area contributed by atoms with Gasteiger partial charge >= 0.3 is 12.1 Å². The van der Waals surface area contributed by atoms with E-state index in [1.165, 1.54) is 7.11 Å². The highest BCUT2D eigenvalue weighted by molar-refractivity contribution is 5.96. The lowest BCUT2D eigenvalue weighted by Crippen LogP contribution is -2.58. The summed E-state index contributed by atoms with van der Waals surface area (Å²) in [7, 11) is 1.53. The highest BCUT2D eigenvalue weighted by Gasteiger charge is 2.47. The molecule has 0 aromatic carbocycles. The minimum atomic E-state index is -5.08. The van der Waals surface area contributed by atoms with Gasteiger partial charge in [0, 0.05) is 31.3 Å². The molecule has 2 aliphatic heterocycles. The van der Waals surface area contributed by atoms with Crippen LogP contribution in [0.2, 0.25) is 0 Å². The van der Waals surface area contributed by atoms with Crippen LogP contribution in [0.1, 0.15) is 29.6 Å². The lowest BCUT2D eigenvalue weighted by atomic mass is 9.73. The van der Waals surface area contributed by atoms with E-state index in [1.54, 1.807) is 24.4 Å². The number of alkyl halides is 3. The van der Waals surface area contributed by atoms with E-state index in [1.807, 2.05) is 4.90 Å². The summed E-state index contributed by atoms with van der Waals surface area (Å²) in [6.07, 6.45) is 1.26. The molecule has 1 aromatic heterocycles. The third-order valence-corrected chi connectivity index (χ3v) is 5.34. The van der Waals surface area contributed by atoms with Crippen molar-refractivity contribution in [3.63, 3.8) is 0 Å². The summed E-state index contributed by atoms with van der Waals surface area (Å²) in [5, 5.41) is 7.12. The first kappa shape index (κ1) is 25.6. The van der Waals surface area contributed by atoms with Crippen molar-refractivity contribution in [2.75, 3.05) is 40.0 Å². The molecule has 2 unspecified atom stereocenters. The Labute approximate surface area is 184 Å². The second-order valence-electron chi connectivity index (χ2n) is 7.51. The molecule has 1 N–H and O–H groups in total. The average molecular weight is 460 g/mol. The fourth-order valence-electron chi connectivity index (χ4n) is 3.91. The number of likely N-dealkylation sites (tertiary alicyclic amines) is 1. The maximum absolute atomic E-state index is 13.0. The van der Waals surface area contributed by atoms with E-state index in [0.29, 0.717) is 37.7 Å². The number of amides is 1. The maximum atomic E-state index is 13.0. The molecule has 0 bridgehead atoms. The molecule has 11 heteroatoms. The Kier molecular flexibility index (Phi) is 9.02. The summed E-state index contributed by atoms with van der Waals surface area (Å²) in [6.45, 7) is 6.89. The molecule has 2 atom stereocenters. The number of halogens is 3. The van der Waals surface area contributed by atoms with E-state index in [0.717, 1.165) is 25.9 Å². The van der Waals surface area contributed by atoms with Crippen LogP contribution in [0.4, 0.5) is 13.2 Å². The smallest absolute Gasteiger partial charge is 0.480 e. The van der Waals surface area contributed by atoms with Gasteiger partial charge in [-0.2, -0.15) is 13.2 Å². The van der Waals surface area contributed by atoms with Crippen LogP contribution in [0.5, 0.6) is 5.88 Å². The molecule has 1 amide bonds. The van der Waals surface area contributed by atoms with E-state index in [-0.39, 0.29) is 17.4 Å². The molecular weight excluding hydrogens is 433 g/mol. The molecule has 178 valence electrons. The zero-order valence-electron chi connectivity index (χ0n) is 17.8. The molecule has 2 aliphatic rings. The number of fused-ring (bicyclic) bond motifs is 1. The average Bonchev–Trinajstić information content (AvgIpc) is 2.78. The van der Waals surface area contributed by atoms with E-state index < -0.39 is 12.1 Å². The zero-order valence-corrected chi connectivity index (χ0v) is 17.8. The number of piperidine rings is 1. The minimum absolute atomic E-state index is 0.0444. The predicted molar refractivity (Wildman–Crippen MR) is 107 cm³/mol. The lowest BCUT2D eigenvalue weighted by molar-refractivity contribution is -0.192. The van der Waals surface area contributed by atoms with Gasteiger partial charge in [0.25, 0.3) is 5.91 Å². The van der Waals surface area contributed by atoms with Gasteiger partial charge in [-0.15, -0.1) is 6.58 Å². The Hall–Kier alpha value is -2.66. The summed E-state index contributed by atoms with van der Waals surface area (Å²) in [5.41, 5.74) is 0.354. The summed E-state index contributed by atoms with van der Waals surface area (Å²) in [4.78, 5) is 28.0. The first-order chi connectivity index (χ1) is 15.1. The van der Waals surface area contributed by atoms with Crippen molar-refractivity contribution in [3.05, 3.63) is 36.5 Å². The molecule has 2 fully saturated rings. The number of carbonyl (C=O) groups excluding carboxylic acids is 1. The van der Waals surface area contributed by atoms with Crippen LogP contribution in [-0.2, 0) is 14.3 Å². The number of aromatic nitrogens is 1. The predicted octanol–water partition coefficient (Wildman–Crippen LogP) is 2.94. The SMILES string of the molecule is C=CCOCC12CCCOC1CCN(C(=O)c1cccnc1OC)C2.O=C(O)C(F)(F)F. The first-order valence-electron chi connectivity index (χ1n) is 10.0. The largest absolute Gasteiger partial charge is 0.490 e. The second kappa shape index (κ2) is 11.3. The van der Waals surface area contributed by atoms with Crippen molar-refractivity contribution in [1.82, 2.24) is 9.88 Å². The van der Waals surface area contributed by atoms with E-state index in [2.05, 4.69) is 11.6 Å². The van der Waals surface area contributed by atoms with Crippen LogP contribution in [-0.4, -0.2) is 79.2 Å². The number of carboxylic acids is 1.